The van der Waals surface area contributed by atoms with Gasteiger partial charge in [-0.2, -0.15) is 0 Å². The van der Waals surface area contributed by atoms with Crippen molar-refractivity contribution in [2.75, 3.05) is 19.6 Å². The molecule has 0 bridgehead atoms. The van der Waals surface area contributed by atoms with Gasteiger partial charge in [0, 0.05) is 25.1 Å². The molecule has 0 radical (unpaired) electrons. The average Bonchev–Trinajstić information content (AvgIpc) is 3.28. The van der Waals surface area contributed by atoms with Crippen LogP contribution in [0.5, 0.6) is 0 Å². The van der Waals surface area contributed by atoms with Crippen LogP contribution in [0.25, 0.3) is 0 Å². The van der Waals surface area contributed by atoms with Gasteiger partial charge in [-0.3, -0.25) is 19.7 Å². The lowest BCUT2D eigenvalue weighted by molar-refractivity contribution is -0.136. The lowest BCUT2D eigenvalue weighted by Crippen LogP contribution is -2.52. The second-order valence-corrected chi connectivity index (χ2v) is 7.72. The first-order chi connectivity index (χ1) is 13.1. The fourth-order valence-corrected chi connectivity index (χ4v) is 4.21. The van der Waals surface area contributed by atoms with E-state index in [9.17, 15) is 14.4 Å². The van der Waals surface area contributed by atoms with Gasteiger partial charge in [-0.15, -0.1) is 0 Å². The topological polar surface area (TPSA) is 90.5 Å². The summed E-state index contributed by atoms with van der Waals surface area (Å²) in [6.07, 6.45) is 3.10. The molecule has 3 N–H and O–H groups in total. The summed E-state index contributed by atoms with van der Waals surface area (Å²) < 4.78 is 0. The van der Waals surface area contributed by atoms with E-state index < -0.39 is 6.04 Å². The van der Waals surface area contributed by atoms with Gasteiger partial charge in [-0.1, -0.05) is 12.1 Å². The summed E-state index contributed by atoms with van der Waals surface area (Å²) >= 11 is 0. The number of piperidine rings is 1. The highest BCUT2D eigenvalue weighted by atomic mass is 16.2. The molecule has 144 valence electrons. The number of hydrogen-bond donors (Lipinski definition) is 3. The van der Waals surface area contributed by atoms with E-state index in [1.54, 1.807) is 4.90 Å². The third-order valence-corrected chi connectivity index (χ3v) is 5.81. The molecule has 2 saturated heterocycles. The van der Waals surface area contributed by atoms with Crippen LogP contribution < -0.4 is 16.0 Å². The van der Waals surface area contributed by atoms with Crippen molar-refractivity contribution in [3.05, 3.63) is 34.9 Å². The highest BCUT2D eigenvalue weighted by molar-refractivity contribution is 6.05. The van der Waals surface area contributed by atoms with Crippen molar-refractivity contribution >= 4 is 17.7 Å². The number of rotatable bonds is 6. The zero-order valence-electron chi connectivity index (χ0n) is 15.4. The Labute approximate surface area is 158 Å². The van der Waals surface area contributed by atoms with Gasteiger partial charge in [0.1, 0.15) is 6.04 Å². The third-order valence-electron chi connectivity index (χ3n) is 5.81. The Bertz CT molecular complexity index is 758. The van der Waals surface area contributed by atoms with Crippen molar-refractivity contribution in [3.8, 4) is 0 Å². The Morgan fingerprint density at radius 1 is 1.19 bits per heavy atom. The number of nitrogens with one attached hydrogen (secondary N) is 3. The molecule has 7 nitrogen and oxygen atoms in total. The highest BCUT2D eigenvalue weighted by Gasteiger charge is 2.39. The second kappa shape index (κ2) is 7.78. The summed E-state index contributed by atoms with van der Waals surface area (Å²) in [6.45, 7) is 4.38. The molecule has 1 unspecified atom stereocenters. The zero-order chi connectivity index (χ0) is 18.8. The maximum absolute atomic E-state index is 12.8. The molecule has 3 aliphatic heterocycles. The van der Waals surface area contributed by atoms with E-state index in [1.807, 2.05) is 18.2 Å². The van der Waals surface area contributed by atoms with Crippen LogP contribution in [0.15, 0.2) is 18.2 Å². The molecule has 0 aromatic heterocycles. The van der Waals surface area contributed by atoms with Crippen molar-refractivity contribution in [2.45, 2.75) is 44.8 Å². The molecule has 0 spiro atoms. The van der Waals surface area contributed by atoms with Crippen LogP contribution in [0.1, 0.15) is 47.2 Å². The largest absolute Gasteiger partial charge is 0.322 e. The minimum Gasteiger partial charge on any atom is -0.322 e. The van der Waals surface area contributed by atoms with Gasteiger partial charge in [0.25, 0.3) is 5.91 Å². The molecule has 2 fully saturated rings. The van der Waals surface area contributed by atoms with Crippen LogP contribution in [0.3, 0.4) is 0 Å². The SMILES string of the molecule is O=C1CCC(N2Cc3ccc(CNCC[C@@H]4CCNC4)cc3C2=O)C(=O)N1. The molecule has 2 atom stereocenters. The Kier molecular flexibility index (Phi) is 5.22. The molecule has 0 saturated carbocycles. The van der Waals surface area contributed by atoms with Crippen LogP contribution in [-0.4, -0.2) is 48.3 Å². The molecule has 27 heavy (non-hydrogen) atoms. The van der Waals surface area contributed by atoms with Crippen molar-refractivity contribution in [1.82, 2.24) is 20.9 Å². The van der Waals surface area contributed by atoms with E-state index in [2.05, 4.69) is 16.0 Å². The van der Waals surface area contributed by atoms with Gasteiger partial charge in [-0.05, 0) is 62.0 Å². The van der Waals surface area contributed by atoms with Crippen LogP contribution in [-0.2, 0) is 22.7 Å². The number of amides is 3. The summed E-state index contributed by atoms with van der Waals surface area (Å²) in [6, 6.07) is 5.42. The van der Waals surface area contributed by atoms with E-state index >= 15 is 0 Å². The number of hydrogen-bond acceptors (Lipinski definition) is 5. The van der Waals surface area contributed by atoms with E-state index in [-0.39, 0.29) is 24.1 Å². The van der Waals surface area contributed by atoms with Gasteiger partial charge in [-0.25, -0.2) is 0 Å². The predicted octanol–water partition coefficient (Wildman–Crippen LogP) is 0.537. The molecule has 1 aromatic carbocycles. The monoisotopic (exact) mass is 370 g/mol. The number of carbonyl (C=O) groups excluding carboxylic acids is 3. The summed E-state index contributed by atoms with van der Waals surface area (Å²) in [5.41, 5.74) is 2.71. The Balaban J connectivity index is 1.35. The minimum atomic E-state index is -0.552. The standard InChI is InChI=1S/C20H26N4O3/c25-18-4-3-17(19(26)23-18)24-12-15-2-1-14(9-16(15)20(24)27)11-22-8-6-13-5-7-21-10-13/h1-2,9,13,17,21-22H,3-8,10-12H2,(H,23,25,26)/t13-,17?/m0/s1. The third kappa shape index (κ3) is 3.89. The maximum atomic E-state index is 12.8. The average molecular weight is 370 g/mol. The van der Waals surface area contributed by atoms with Gasteiger partial charge in [0.05, 0.1) is 0 Å². The molecule has 1 aromatic rings. The number of fused-ring (bicyclic) bond motifs is 1. The summed E-state index contributed by atoms with van der Waals surface area (Å²) in [5.74, 6) is 0.0254. The molecule has 3 amide bonds. The lowest BCUT2D eigenvalue weighted by atomic mass is 10.0. The Morgan fingerprint density at radius 3 is 2.85 bits per heavy atom. The van der Waals surface area contributed by atoms with E-state index in [4.69, 9.17) is 0 Å². The Hall–Kier alpha value is -2.25. The van der Waals surface area contributed by atoms with Crippen molar-refractivity contribution < 1.29 is 14.4 Å². The summed E-state index contributed by atoms with van der Waals surface area (Å²) in [4.78, 5) is 37.8. The summed E-state index contributed by atoms with van der Waals surface area (Å²) in [5, 5.41) is 9.19. The fraction of sp³-hybridized carbons (Fsp3) is 0.550. The molecular weight excluding hydrogens is 344 g/mol. The van der Waals surface area contributed by atoms with Crippen LogP contribution in [0, 0.1) is 5.92 Å². The van der Waals surface area contributed by atoms with Crippen LogP contribution in [0.4, 0.5) is 0 Å². The van der Waals surface area contributed by atoms with Gasteiger partial charge in [0.15, 0.2) is 0 Å². The molecule has 3 heterocycles. The number of benzene rings is 1. The molecule has 0 aliphatic carbocycles. The highest BCUT2D eigenvalue weighted by Crippen LogP contribution is 2.28. The van der Waals surface area contributed by atoms with Crippen LogP contribution in [0.2, 0.25) is 0 Å². The number of nitrogens with zero attached hydrogens (tertiary/aromatic N) is 1. The van der Waals surface area contributed by atoms with Gasteiger partial charge < -0.3 is 15.5 Å². The molecule has 7 heteroatoms. The second-order valence-electron chi connectivity index (χ2n) is 7.72. The maximum Gasteiger partial charge on any atom is 0.255 e. The predicted molar refractivity (Wildman–Crippen MR) is 99.8 cm³/mol. The van der Waals surface area contributed by atoms with E-state index in [1.165, 1.54) is 12.8 Å². The molecule has 3 aliphatic rings. The van der Waals surface area contributed by atoms with Crippen molar-refractivity contribution in [3.63, 3.8) is 0 Å². The number of carbonyl (C=O) groups is 3. The van der Waals surface area contributed by atoms with E-state index in [0.717, 1.165) is 43.2 Å². The smallest absolute Gasteiger partial charge is 0.255 e. The van der Waals surface area contributed by atoms with Gasteiger partial charge >= 0.3 is 0 Å². The van der Waals surface area contributed by atoms with Crippen molar-refractivity contribution in [2.24, 2.45) is 5.92 Å². The first-order valence-corrected chi connectivity index (χ1v) is 9.79. The fourth-order valence-electron chi connectivity index (χ4n) is 4.21. The van der Waals surface area contributed by atoms with Gasteiger partial charge in [0.2, 0.25) is 11.8 Å². The van der Waals surface area contributed by atoms with Crippen LogP contribution >= 0.6 is 0 Å². The number of imide groups is 1. The Morgan fingerprint density at radius 2 is 2.07 bits per heavy atom. The zero-order valence-corrected chi connectivity index (χ0v) is 15.4. The first-order valence-electron chi connectivity index (χ1n) is 9.79. The summed E-state index contributed by atoms with van der Waals surface area (Å²) in [7, 11) is 0. The lowest BCUT2D eigenvalue weighted by Gasteiger charge is -2.29. The van der Waals surface area contributed by atoms with E-state index in [0.29, 0.717) is 18.5 Å². The minimum absolute atomic E-state index is 0.113. The molecular formula is C20H26N4O3. The molecule has 4 rings (SSSR count). The van der Waals surface area contributed by atoms with Crippen molar-refractivity contribution in [1.29, 1.82) is 0 Å². The quantitative estimate of drug-likeness (QED) is 0.502. The normalized spacial score (nSPS) is 25.0. The first kappa shape index (κ1) is 18.1.